The third kappa shape index (κ3) is 5.36. The number of fused-ring (bicyclic) bond motifs is 1. The zero-order valence-electron chi connectivity index (χ0n) is 18.6. The molecule has 2 amide bonds. The number of para-hydroxylation sites is 1. The van der Waals surface area contributed by atoms with Crippen molar-refractivity contribution in [2.45, 2.75) is 63.5 Å². The monoisotopic (exact) mass is 469 g/mol. The lowest BCUT2D eigenvalue weighted by Gasteiger charge is -2.29. The molecule has 9 heteroatoms. The summed E-state index contributed by atoms with van der Waals surface area (Å²) in [6, 6.07) is 5.88. The highest BCUT2D eigenvalue weighted by Gasteiger charge is 2.36. The van der Waals surface area contributed by atoms with E-state index >= 15 is 0 Å². The number of benzene rings is 1. The summed E-state index contributed by atoms with van der Waals surface area (Å²) in [4.78, 5) is 47.3. The highest BCUT2D eigenvalue weighted by atomic mass is 35.5. The Morgan fingerprint density at radius 3 is 2.76 bits per heavy atom. The maximum absolute atomic E-state index is 13.2. The summed E-state index contributed by atoms with van der Waals surface area (Å²) in [6.07, 6.45) is 6.03. The van der Waals surface area contributed by atoms with E-state index in [-0.39, 0.29) is 23.4 Å². The van der Waals surface area contributed by atoms with E-state index in [0.717, 1.165) is 32.1 Å². The summed E-state index contributed by atoms with van der Waals surface area (Å²) < 4.78 is 0. The lowest BCUT2D eigenvalue weighted by atomic mass is 9.84. The van der Waals surface area contributed by atoms with E-state index < -0.39 is 18.0 Å². The number of Topliss-reactive ketones (excluding diaryl/α,β-unsaturated/α-hetero) is 1. The summed E-state index contributed by atoms with van der Waals surface area (Å²) in [5.74, 6) is -0.326. The third-order valence-electron chi connectivity index (χ3n) is 6.68. The Kier molecular flexibility index (Phi) is 6.99. The van der Waals surface area contributed by atoms with Gasteiger partial charge < -0.3 is 15.2 Å². The SMILES string of the molecule is CN(C(=O)c1nc2c(Cl)cccc2[nH]1)C(CC1CC1)C(=O)NC(C#N)CC1CCCCC1=O. The van der Waals surface area contributed by atoms with Crippen LogP contribution in [0.3, 0.4) is 0 Å². The van der Waals surface area contributed by atoms with Crippen LogP contribution in [0.4, 0.5) is 0 Å². The minimum absolute atomic E-state index is 0.110. The number of H-pyrrole nitrogens is 1. The van der Waals surface area contributed by atoms with Crippen molar-refractivity contribution in [2.75, 3.05) is 7.05 Å². The maximum Gasteiger partial charge on any atom is 0.290 e. The van der Waals surface area contributed by atoms with E-state index in [1.807, 2.05) is 0 Å². The number of aromatic amines is 1. The van der Waals surface area contributed by atoms with Crippen LogP contribution in [-0.4, -0.2) is 51.6 Å². The van der Waals surface area contributed by atoms with Crippen LogP contribution in [0, 0.1) is 23.2 Å². The molecule has 8 nitrogen and oxygen atoms in total. The smallest absolute Gasteiger partial charge is 0.290 e. The van der Waals surface area contributed by atoms with Crippen LogP contribution < -0.4 is 5.32 Å². The van der Waals surface area contributed by atoms with Crippen molar-refractivity contribution in [1.29, 1.82) is 5.26 Å². The van der Waals surface area contributed by atoms with Gasteiger partial charge in [-0.1, -0.05) is 36.9 Å². The van der Waals surface area contributed by atoms with Gasteiger partial charge >= 0.3 is 0 Å². The van der Waals surface area contributed by atoms with Crippen LogP contribution in [0.25, 0.3) is 11.0 Å². The molecule has 1 aromatic carbocycles. The molecule has 1 heterocycles. The van der Waals surface area contributed by atoms with Gasteiger partial charge in [-0.05, 0) is 43.7 Å². The molecule has 2 aliphatic rings. The van der Waals surface area contributed by atoms with Crippen molar-refractivity contribution in [2.24, 2.45) is 11.8 Å². The zero-order chi connectivity index (χ0) is 23.5. The molecule has 0 saturated heterocycles. The van der Waals surface area contributed by atoms with Crippen molar-refractivity contribution in [3.05, 3.63) is 29.0 Å². The van der Waals surface area contributed by atoms with E-state index in [1.54, 1.807) is 25.2 Å². The summed E-state index contributed by atoms with van der Waals surface area (Å²) >= 11 is 6.18. The molecule has 0 aliphatic heterocycles. The second kappa shape index (κ2) is 9.92. The molecule has 174 valence electrons. The number of nitriles is 1. The largest absolute Gasteiger partial charge is 0.339 e. The number of ketones is 1. The molecule has 2 fully saturated rings. The first-order valence-corrected chi connectivity index (χ1v) is 11.9. The highest BCUT2D eigenvalue weighted by Crippen LogP contribution is 2.35. The molecule has 2 aliphatic carbocycles. The number of imidazole rings is 1. The zero-order valence-corrected chi connectivity index (χ0v) is 19.4. The number of carbonyl (C=O) groups is 3. The number of rotatable bonds is 8. The fourth-order valence-electron chi connectivity index (χ4n) is 4.52. The minimum Gasteiger partial charge on any atom is -0.339 e. The molecule has 3 atom stereocenters. The lowest BCUT2D eigenvalue weighted by Crippen LogP contribution is -2.51. The molecule has 0 spiro atoms. The fourth-order valence-corrected chi connectivity index (χ4v) is 4.73. The molecule has 0 radical (unpaired) electrons. The summed E-state index contributed by atoms with van der Waals surface area (Å²) in [5, 5.41) is 12.8. The summed E-state index contributed by atoms with van der Waals surface area (Å²) in [6.45, 7) is 0. The van der Waals surface area contributed by atoms with E-state index in [1.165, 1.54) is 4.90 Å². The first-order chi connectivity index (χ1) is 15.9. The van der Waals surface area contributed by atoms with Gasteiger partial charge in [-0.25, -0.2) is 4.98 Å². The maximum atomic E-state index is 13.2. The van der Waals surface area contributed by atoms with Crippen LogP contribution in [0.5, 0.6) is 0 Å². The first-order valence-electron chi connectivity index (χ1n) is 11.5. The molecule has 0 bridgehead atoms. The van der Waals surface area contributed by atoms with Crippen molar-refractivity contribution in [3.8, 4) is 6.07 Å². The summed E-state index contributed by atoms with van der Waals surface area (Å²) in [7, 11) is 1.58. The van der Waals surface area contributed by atoms with Gasteiger partial charge in [0.2, 0.25) is 5.91 Å². The van der Waals surface area contributed by atoms with Crippen molar-refractivity contribution in [3.63, 3.8) is 0 Å². The molecular formula is C24H28ClN5O3. The number of hydrogen-bond donors (Lipinski definition) is 2. The molecule has 33 heavy (non-hydrogen) atoms. The van der Waals surface area contributed by atoms with Gasteiger partial charge in [0, 0.05) is 19.4 Å². The number of carbonyl (C=O) groups excluding carboxylic acids is 3. The van der Waals surface area contributed by atoms with Crippen molar-refractivity contribution >= 4 is 40.2 Å². The van der Waals surface area contributed by atoms with Crippen molar-refractivity contribution < 1.29 is 14.4 Å². The molecule has 1 aromatic heterocycles. The van der Waals surface area contributed by atoms with Crippen LogP contribution in [-0.2, 0) is 9.59 Å². The molecule has 2 aromatic rings. The quantitative estimate of drug-likeness (QED) is 0.612. The Morgan fingerprint density at radius 1 is 1.30 bits per heavy atom. The van der Waals surface area contributed by atoms with Gasteiger partial charge in [-0.2, -0.15) is 5.26 Å². The summed E-state index contributed by atoms with van der Waals surface area (Å²) in [5.41, 5.74) is 1.14. The van der Waals surface area contributed by atoms with E-state index in [9.17, 15) is 19.6 Å². The second-order valence-corrected chi connectivity index (χ2v) is 9.57. The molecule has 3 unspecified atom stereocenters. The third-order valence-corrected chi connectivity index (χ3v) is 6.99. The van der Waals surface area contributed by atoms with E-state index in [4.69, 9.17) is 11.6 Å². The Bertz CT molecular complexity index is 1100. The predicted octanol–water partition coefficient (Wildman–Crippen LogP) is 3.61. The molecule has 4 rings (SSSR count). The number of halogens is 1. The van der Waals surface area contributed by atoms with Crippen molar-refractivity contribution in [1.82, 2.24) is 20.2 Å². The van der Waals surface area contributed by atoms with Crippen LogP contribution in [0.15, 0.2) is 18.2 Å². The van der Waals surface area contributed by atoms with Gasteiger partial charge in [-0.3, -0.25) is 14.4 Å². The predicted molar refractivity (Wildman–Crippen MR) is 123 cm³/mol. The Labute approximate surface area is 197 Å². The lowest BCUT2D eigenvalue weighted by molar-refractivity contribution is -0.128. The molecular weight excluding hydrogens is 442 g/mol. The van der Waals surface area contributed by atoms with E-state index in [2.05, 4.69) is 21.4 Å². The number of nitrogens with one attached hydrogen (secondary N) is 2. The average molecular weight is 470 g/mol. The number of hydrogen-bond acceptors (Lipinski definition) is 5. The molecule has 2 saturated carbocycles. The highest BCUT2D eigenvalue weighted by molar-refractivity contribution is 6.35. The van der Waals surface area contributed by atoms with Crippen LogP contribution in [0.1, 0.15) is 62.0 Å². The Morgan fingerprint density at radius 2 is 2.09 bits per heavy atom. The topological polar surface area (TPSA) is 119 Å². The van der Waals surface area contributed by atoms with Gasteiger partial charge in [0.1, 0.15) is 23.4 Å². The number of likely N-dealkylation sites (N-methyl/N-ethyl adjacent to an activating group) is 1. The number of aromatic nitrogens is 2. The average Bonchev–Trinajstić information content (AvgIpc) is 3.52. The van der Waals surface area contributed by atoms with Gasteiger partial charge in [0.25, 0.3) is 5.91 Å². The normalized spacial score (nSPS) is 20.2. The Balaban J connectivity index is 1.48. The second-order valence-electron chi connectivity index (χ2n) is 9.17. The van der Waals surface area contributed by atoms with Crippen LogP contribution >= 0.6 is 11.6 Å². The Hall–Kier alpha value is -2.92. The van der Waals surface area contributed by atoms with E-state index in [0.29, 0.717) is 41.2 Å². The van der Waals surface area contributed by atoms with Crippen LogP contribution in [0.2, 0.25) is 5.02 Å². The number of amides is 2. The van der Waals surface area contributed by atoms with Gasteiger partial charge in [0.05, 0.1) is 16.6 Å². The number of nitrogens with zero attached hydrogens (tertiary/aromatic N) is 3. The van der Waals surface area contributed by atoms with Gasteiger partial charge in [0.15, 0.2) is 5.82 Å². The van der Waals surface area contributed by atoms with Gasteiger partial charge in [-0.15, -0.1) is 0 Å². The fraction of sp³-hybridized carbons (Fsp3) is 0.542. The molecule has 2 N–H and O–H groups in total. The first kappa shape index (κ1) is 23.2. The minimum atomic E-state index is -0.764. The standard InChI is InChI=1S/C24H28ClN5O3/c1-30(24(33)22-28-18-7-4-6-17(25)21(18)29-22)19(11-14-9-10-14)23(32)27-16(13-26)12-15-5-2-3-8-20(15)31/h4,6-7,14-16,19H,2-3,5,8-12H2,1H3,(H,27,32)(H,28,29).